The van der Waals surface area contributed by atoms with Gasteiger partial charge in [0.2, 0.25) is 5.91 Å². The molecule has 0 aromatic heterocycles. The van der Waals surface area contributed by atoms with Crippen molar-refractivity contribution in [3.05, 3.63) is 0 Å². The molecule has 1 amide bonds. The summed E-state index contributed by atoms with van der Waals surface area (Å²) in [5.41, 5.74) is 0. The van der Waals surface area contributed by atoms with E-state index in [1.54, 1.807) is 4.90 Å². The summed E-state index contributed by atoms with van der Waals surface area (Å²) in [6.07, 6.45) is 0. The molecule has 1 rings (SSSR count). The van der Waals surface area contributed by atoms with Crippen molar-refractivity contribution in [2.24, 2.45) is 0 Å². The highest BCUT2D eigenvalue weighted by atomic mass is 16.2. The van der Waals surface area contributed by atoms with Gasteiger partial charge in [0.15, 0.2) is 0 Å². The van der Waals surface area contributed by atoms with Gasteiger partial charge in [-0.2, -0.15) is 0 Å². The van der Waals surface area contributed by atoms with Crippen LogP contribution in [-0.2, 0) is 4.79 Å². The quantitative estimate of drug-likeness (QED) is 0.732. The Kier molecular flexibility index (Phi) is 6.05. The Morgan fingerprint density at radius 3 is 2.67 bits per heavy atom. The predicted octanol–water partition coefficient (Wildman–Crippen LogP) is -0.311. The van der Waals surface area contributed by atoms with Gasteiger partial charge in [-0.1, -0.05) is 0 Å². The predicted molar refractivity (Wildman–Crippen MR) is 74.7 cm³/mol. The Labute approximate surface area is 111 Å². The van der Waals surface area contributed by atoms with E-state index in [1.807, 2.05) is 20.9 Å². The van der Waals surface area contributed by atoms with E-state index in [-0.39, 0.29) is 11.9 Å². The van der Waals surface area contributed by atoms with Gasteiger partial charge >= 0.3 is 0 Å². The SMILES string of the molecule is CC(C)N(C)C(=O)CNCC1CN(C)CCN1C. The largest absolute Gasteiger partial charge is 0.342 e. The highest BCUT2D eigenvalue weighted by molar-refractivity contribution is 5.78. The maximum atomic E-state index is 11.8. The number of amides is 1. The molecule has 0 aromatic carbocycles. The van der Waals surface area contributed by atoms with E-state index < -0.39 is 0 Å². The van der Waals surface area contributed by atoms with E-state index in [4.69, 9.17) is 0 Å². The summed E-state index contributed by atoms with van der Waals surface area (Å²) in [4.78, 5) is 18.3. The van der Waals surface area contributed by atoms with Gasteiger partial charge in [0.1, 0.15) is 0 Å². The topological polar surface area (TPSA) is 38.8 Å². The molecule has 18 heavy (non-hydrogen) atoms. The van der Waals surface area contributed by atoms with Crippen LogP contribution in [0.2, 0.25) is 0 Å². The molecule has 1 heterocycles. The van der Waals surface area contributed by atoms with Crippen LogP contribution in [0.3, 0.4) is 0 Å². The molecule has 1 saturated heterocycles. The zero-order chi connectivity index (χ0) is 13.7. The smallest absolute Gasteiger partial charge is 0.236 e. The van der Waals surface area contributed by atoms with Crippen molar-refractivity contribution in [1.29, 1.82) is 0 Å². The zero-order valence-electron chi connectivity index (χ0n) is 12.4. The molecule has 1 atom stereocenters. The van der Waals surface area contributed by atoms with Crippen molar-refractivity contribution < 1.29 is 4.79 Å². The van der Waals surface area contributed by atoms with Crippen molar-refractivity contribution in [1.82, 2.24) is 20.0 Å². The molecule has 1 fully saturated rings. The minimum Gasteiger partial charge on any atom is -0.342 e. The average molecular weight is 256 g/mol. The molecular formula is C13H28N4O. The zero-order valence-corrected chi connectivity index (χ0v) is 12.4. The van der Waals surface area contributed by atoms with Crippen LogP contribution >= 0.6 is 0 Å². The second-order valence-electron chi connectivity index (χ2n) is 5.63. The van der Waals surface area contributed by atoms with Gasteiger partial charge in [-0.25, -0.2) is 0 Å². The second-order valence-corrected chi connectivity index (χ2v) is 5.63. The number of piperazine rings is 1. The molecule has 1 N–H and O–H groups in total. The van der Waals surface area contributed by atoms with E-state index in [0.29, 0.717) is 12.6 Å². The molecule has 0 bridgehead atoms. The Bertz CT molecular complexity index is 270. The summed E-state index contributed by atoms with van der Waals surface area (Å²) < 4.78 is 0. The van der Waals surface area contributed by atoms with Gasteiger partial charge in [0.05, 0.1) is 6.54 Å². The fourth-order valence-electron chi connectivity index (χ4n) is 2.08. The van der Waals surface area contributed by atoms with E-state index in [1.165, 1.54) is 0 Å². The molecule has 5 nitrogen and oxygen atoms in total. The van der Waals surface area contributed by atoms with Crippen molar-refractivity contribution in [2.45, 2.75) is 25.9 Å². The third kappa shape index (κ3) is 4.55. The van der Waals surface area contributed by atoms with Crippen LogP contribution in [0.15, 0.2) is 0 Å². The third-order valence-corrected chi connectivity index (χ3v) is 3.80. The minimum atomic E-state index is 0.164. The minimum absolute atomic E-state index is 0.164. The van der Waals surface area contributed by atoms with Crippen LogP contribution < -0.4 is 5.32 Å². The number of hydrogen-bond acceptors (Lipinski definition) is 4. The molecule has 1 unspecified atom stereocenters. The molecule has 5 heteroatoms. The Balaban J connectivity index is 2.26. The van der Waals surface area contributed by atoms with Crippen molar-refractivity contribution in [3.8, 4) is 0 Å². The number of nitrogens with one attached hydrogen (secondary N) is 1. The fraction of sp³-hybridized carbons (Fsp3) is 0.923. The number of carbonyl (C=O) groups is 1. The molecule has 0 radical (unpaired) electrons. The Morgan fingerprint density at radius 1 is 1.39 bits per heavy atom. The lowest BCUT2D eigenvalue weighted by atomic mass is 10.2. The van der Waals surface area contributed by atoms with Crippen LogP contribution in [0.1, 0.15) is 13.8 Å². The summed E-state index contributed by atoms with van der Waals surface area (Å²) in [5.74, 6) is 0.164. The van der Waals surface area contributed by atoms with Gasteiger partial charge in [-0.3, -0.25) is 9.69 Å². The summed E-state index contributed by atoms with van der Waals surface area (Å²) in [6, 6.07) is 0.767. The molecular weight excluding hydrogens is 228 g/mol. The first kappa shape index (κ1) is 15.4. The molecule has 0 aromatic rings. The molecule has 1 aliphatic rings. The number of rotatable bonds is 5. The molecule has 106 valence electrons. The number of nitrogens with zero attached hydrogens (tertiary/aromatic N) is 3. The first-order chi connectivity index (χ1) is 8.41. The Hall–Kier alpha value is -0.650. The van der Waals surface area contributed by atoms with Crippen LogP contribution in [0, 0.1) is 0 Å². The number of carbonyl (C=O) groups excluding carboxylic acids is 1. The van der Waals surface area contributed by atoms with Crippen LogP contribution in [0.25, 0.3) is 0 Å². The molecule has 1 aliphatic heterocycles. The van der Waals surface area contributed by atoms with Gasteiger partial charge in [0.25, 0.3) is 0 Å². The monoisotopic (exact) mass is 256 g/mol. The average Bonchev–Trinajstić information content (AvgIpc) is 2.32. The Morgan fingerprint density at radius 2 is 2.06 bits per heavy atom. The van der Waals surface area contributed by atoms with Crippen molar-refractivity contribution >= 4 is 5.91 Å². The van der Waals surface area contributed by atoms with E-state index in [2.05, 4.69) is 29.2 Å². The maximum absolute atomic E-state index is 11.8. The maximum Gasteiger partial charge on any atom is 0.236 e. The van der Waals surface area contributed by atoms with Gasteiger partial charge < -0.3 is 15.1 Å². The summed E-state index contributed by atoms with van der Waals surface area (Å²) >= 11 is 0. The fourth-order valence-corrected chi connectivity index (χ4v) is 2.08. The van der Waals surface area contributed by atoms with E-state index in [0.717, 1.165) is 26.2 Å². The normalized spacial score (nSPS) is 22.4. The third-order valence-electron chi connectivity index (χ3n) is 3.80. The van der Waals surface area contributed by atoms with Crippen LogP contribution in [0.4, 0.5) is 0 Å². The van der Waals surface area contributed by atoms with Gasteiger partial charge in [-0.15, -0.1) is 0 Å². The first-order valence-electron chi connectivity index (χ1n) is 6.77. The number of hydrogen-bond donors (Lipinski definition) is 1. The van der Waals surface area contributed by atoms with Gasteiger partial charge in [0, 0.05) is 45.3 Å². The van der Waals surface area contributed by atoms with Crippen molar-refractivity contribution in [2.75, 3.05) is 53.9 Å². The molecule has 0 aliphatic carbocycles. The second kappa shape index (κ2) is 7.07. The molecule has 0 spiro atoms. The molecule has 0 saturated carbocycles. The van der Waals surface area contributed by atoms with E-state index in [9.17, 15) is 4.79 Å². The lowest BCUT2D eigenvalue weighted by molar-refractivity contribution is -0.130. The highest BCUT2D eigenvalue weighted by Gasteiger charge is 2.22. The lowest BCUT2D eigenvalue weighted by Gasteiger charge is -2.37. The van der Waals surface area contributed by atoms with Crippen molar-refractivity contribution in [3.63, 3.8) is 0 Å². The highest BCUT2D eigenvalue weighted by Crippen LogP contribution is 2.04. The van der Waals surface area contributed by atoms with E-state index >= 15 is 0 Å². The first-order valence-corrected chi connectivity index (χ1v) is 6.77. The summed E-state index contributed by atoms with van der Waals surface area (Å²) in [6.45, 7) is 8.66. The summed E-state index contributed by atoms with van der Waals surface area (Å²) in [7, 11) is 6.16. The van der Waals surface area contributed by atoms with Crippen LogP contribution in [0.5, 0.6) is 0 Å². The number of likely N-dealkylation sites (N-methyl/N-ethyl adjacent to an activating group) is 3. The summed E-state index contributed by atoms with van der Waals surface area (Å²) in [5, 5.41) is 3.28. The van der Waals surface area contributed by atoms with Gasteiger partial charge in [-0.05, 0) is 27.9 Å². The van der Waals surface area contributed by atoms with Crippen LogP contribution in [-0.4, -0.2) is 86.6 Å². The lowest BCUT2D eigenvalue weighted by Crippen LogP contribution is -2.54. The standard InChI is InChI=1S/C13H28N4O/c1-11(2)17(5)13(18)9-14-8-12-10-15(3)6-7-16(12)4/h11-12,14H,6-10H2,1-5H3.